The molecule has 0 spiro atoms. The molecule has 1 aliphatic rings. The van der Waals surface area contributed by atoms with Gasteiger partial charge in [-0.05, 0) is 24.3 Å². The van der Waals surface area contributed by atoms with E-state index >= 15 is 0 Å². The molecule has 0 fully saturated rings. The molecule has 7 nitrogen and oxygen atoms in total. The predicted molar refractivity (Wildman–Crippen MR) is 107 cm³/mol. The fourth-order valence-electron chi connectivity index (χ4n) is 3.80. The number of rotatable bonds is 4. The van der Waals surface area contributed by atoms with Crippen LogP contribution in [-0.2, 0) is 21.9 Å². The Balaban J connectivity index is 2.07. The number of nitrogens with zero attached hydrogens (tertiary/aromatic N) is 3. The zero-order chi connectivity index (χ0) is 25.7. The summed E-state index contributed by atoms with van der Waals surface area (Å²) in [7, 11) is 1.29. The third-order valence-electron chi connectivity index (χ3n) is 5.26. The number of alkyl halides is 6. The van der Waals surface area contributed by atoms with E-state index in [1.807, 2.05) is 0 Å². The summed E-state index contributed by atoms with van der Waals surface area (Å²) in [5.74, 6) is -3.42. The second-order valence-electron chi connectivity index (χ2n) is 7.45. The van der Waals surface area contributed by atoms with Crippen LogP contribution in [0.3, 0.4) is 0 Å². The Kier molecular flexibility index (Phi) is 6.18. The van der Waals surface area contributed by atoms with Crippen LogP contribution in [0.2, 0.25) is 5.02 Å². The number of carboxylic acid groups (broad SMARTS) is 1. The molecule has 4 rings (SSSR count). The summed E-state index contributed by atoms with van der Waals surface area (Å²) < 4.78 is 93.5. The van der Waals surface area contributed by atoms with E-state index in [4.69, 9.17) is 21.1 Å². The number of aromatic nitrogens is 3. The highest BCUT2D eigenvalue weighted by molar-refractivity contribution is 6.32. The molecule has 1 aliphatic heterocycles. The van der Waals surface area contributed by atoms with Crippen LogP contribution in [0.4, 0.5) is 26.3 Å². The number of hydrogen-bond donors (Lipinski definition) is 1. The van der Waals surface area contributed by atoms with Crippen molar-refractivity contribution in [1.82, 2.24) is 14.8 Å². The number of aliphatic carboxylic acids is 1. The summed E-state index contributed by atoms with van der Waals surface area (Å²) in [6.45, 7) is 0. The van der Waals surface area contributed by atoms with E-state index in [2.05, 4.69) is 10.2 Å². The highest BCUT2D eigenvalue weighted by atomic mass is 35.5. The maximum Gasteiger partial charge on any atom is 0.452 e. The second kappa shape index (κ2) is 8.72. The van der Waals surface area contributed by atoms with Crippen LogP contribution >= 0.6 is 11.6 Å². The van der Waals surface area contributed by atoms with E-state index in [9.17, 15) is 36.2 Å². The van der Waals surface area contributed by atoms with Gasteiger partial charge in [0, 0.05) is 11.1 Å². The lowest BCUT2D eigenvalue weighted by Gasteiger charge is -2.24. The average Bonchev–Trinajstić information content (AvgIpc) is 3.17. The number of carboxylic acids is 1. The maximum absolute atomic E-state index is 13.8. The van der Waals surface area contributed by atoms with Crippen molar-refractivity contribution < 1.29 is 45.7 Å². The summed E-state index contributed by atoms with van der Waals surface area (Å²) >= 11 is 6.38. The van der Waals surface area contributed by atoms with E-state index in [0.29, 0.717) is 16.7 Å². The van der Waals surface area contributed by atoms with Crippen LogP contribution in [0.25, 0.3) is 5.69 Å². The van der Waals surface area contributed by atoms with Gasteiger partial charge in [-0.15, -0.1) is 10.2 Å². The van der Waals surface area contributed by atoms with Crippen molar-refractivity contribution >= 4 is 17.6 Å². The summed E-state index contributed by atoms with van der Waals surface area (Å²) in [4.78, 5) is 11.5. The zero-order valence-electron chi connectivity index (χ0n) is 17.5. The minimum atomic E-state index is -5.06. The smallest absolute Gasteiger partial charge is 0.452 e. The molecule has 1 aromatic heterocycles. The average molecular weight is 522 g/mol. The van der Waals surface area contributed by atoms with E-state index < -0.39 is 54.2 Å². The lowest BCUT2D eigenvalue weighted by atomic mass is 9.97. The SMILES string of the molecule is COc1cccc([C@@H]2O[C@@H](CC(=O)O)c3nnc(C(F)(F)F)n3-c3ccc(C(F)(F)F)cc32)c1Cl. The fourth-order valence-corrected chi connectivity index (χ4v) is 4.10. The van der Waals surface area contributed by atoms with Crippen LogP contribution < -0.4 is 4.74 Å². The first-order valence-corrected chi connectivity index (χ1v) is 10.1. The van der Waals surface area contributed by atoms with E-state index in [1.54, 1.807) is 0 Å². The number of halogens is 7. The van der Waals surface area contributed by atoms with Gasteiger partial charge in [0.05, 0.1) is 29.8 Å². The summed E-state index contributed by atoms with van der Waals surface area (Å²) in [5.41, 5.74) is -1.84. The van der Waals surface area contributed by atoms with Crippen molar-refractivity contribution in [1.29, 1.82) is 0 Å². The van der Waals surface area contributed by atoms with Crippen molar-refractivity contribution in [2.75, 3.05) is 7.11 Å². The molecule has 0 saturated heterocycles. The van der Waals surface area contributed by atoms with Crippen molar-refractivity contribution in [3.05, 3.63) is 69.8 Å². The van der Waals surface area contributed by atoms with Crippen LogP contribution in [0.15, 0.2) is 36.4 Å². The first-order chi connectivity index (χ1) is 16.3. The Morgan fingerprint density at radius 3 is 2.43 bits per heavy atom. The van der Waals surface area contributed by atoms with Gasteiger partial charge in [0.15, 0.2) is 5.82 Å². The number of methoxy groups -OCH3 is 1. The molecule has 0 aliphatic carbocycles. The Labute approximate surface area is 197 Å². The second-order valence-corrected chi connectivity index (χ2v) is 7.83. The van der Waals surface area contributed by atoms with Crippen molar-refractivity contribution in [3.63, 3.8) is 0 Å². The van der Waals surface area contributed by atoms with Gasteiger partial charge in [0.1, 0.15) is 18.0 Å². The van der Waals surface area contributed by atoms with Crippen LogP contribution in [-0.4, -0.2) is 33.0 Å². The van der Waals surface area contributed by atoms with Crippen molar-refractivity contribution in [2.24, 2.45) is 0 Å². The lowest BCUT2D eigenvalue weighted by Crippen LogP contribution is -2.17. The highest BCUT2D eigenvalue weighted by Crippen LogP contribution is 2.47. The first-order valence-electron chi connectivity index (χ1n) is 9.76. The van der Waals surface area contributed by atoms with Gasteiger partial charge in [-0.25, -0.2) is 0 Å². The largest absolute Gasteiger partial charge is 0.495 e. The normalized spacial score (nSPS) is 17.9. The Morgan fingerprint density at radius 1 is 1.11 bits per heavy atom. The fraction of sp³-hybridized carbons (Fsp3) is 0.286. The molecule has 2 heterocycles. The highest BCUT2D eigenvalue weighted by Gasteiger charge is 2.44. The van der Waals surface area contributed by atoms with Gasteiger partial charge in [-0.2, -0.15) is 26.3 Å². The minimum Gasteiger partial charge on any atom is -0.495 e. The minimum absolute atomic E-state index is 0.0502. The first kappa shape index (κ1) is 24.8. The Hall–Kier alpha value is -3.32. The number of fused-ring (bicyclic) bond motifs is 3. The Morgan fingerprint density at radius 2 is 1.83 bits per heavy atom. The zero-order valence-corrected chi connectivity index (χ0v) is 18.2. The molecule has 1 N–H and O–H groups in total. The molecule has 0 saturated carbocycles. The van der Waals surface area contributed by atoms with Gasteiger partial charge in [-0.3, -0.25) is 9.36 Å². The molecule has 186 valence electrons. The molecule has 0 radical (unpaired) electrons. The standard InChI is InChI=1S/C21H14ClF6N3O4/c1-34-13-4-2-3-10(16(13)22)17-11-7-9(20(23,24)25)5-6-12(11)31-18(14(35-17)8-15(32)33)29-30-19(31)21(26,27)28/h2-7,14,17H,8H2,1H3,(H,32,33)/t14-,17-/m0/s1. The topological polar surface area (TPSA) is 86.5 Å². The third-order valence-corrected chi connectivity index (χ3v) is 5.67. The summed E-state index contributed by atoms with van der Waals surface area (Å²) in [6.07, 6.45) is -13.9. The third kappa shape index (κ3) is 4.52. The van der Waals surface area contributed by atoms with Gasteiger partial charge < -0.3 is 14.6 Å². The number of carbonyl (C=O) groups is 1. The molecule has 0 amide bonds. The molecule has 3 aromatic rings. The molecule has 2 atom stereocenters. The van der Waals surface area contributed by atoms with Crippen molar-refractivity contribution in [3.8, 4) is 11.4 Å². The van der Waals surface area contributed by atoms with Gasteiger partial charge >= 0.3 is 18.3 Å². The number of ether oxygens (including phenoxy) is 2. The molecule has 35 heavy (non-hydrogen) atoms. The number of benzene rings is 2. The van der Waals surface area contributed by atoms with Gasteiger partial charge in [0.25, 0.3) is 0 Å². The molecule has 0 unspecified atom stereocenters. The van der Waals surface area contributed by atoms with Gasteiger partial charge in [-0.1, -0.05) is 23.7 Å². The monoisotopic (exact) mass is 521 g/mol. The quantitative estimate of drug-likeness (QED) is 0.450. The maximum atomic E-state index is 13.8. The van der Waals surface area contributed by atoms with E-state index in [-0.39, 0.29) is 27.6 Å². The summed E-state index contributed by atoms with van der Waals surface area (Å²) in [5, 5.41) is 15.9. The van der Waals surface area contributed by atoms with E-state index in [0.717, 1.165) is 6.07 Å². The van der Waals surface area contributed by atoms with Crippen LogP contribution in [0.5, 0.6) is 5.75 Å². The van der Waals surface area contributed by atoms with Crippen molar-refractivity contribution in [2.45, 2.75) is 31.0 Å². The Bertz CT molecular complexity index is 1290. The molecule has 0 bridgehead atoms. The molecule has 2 aromatic carbocycles. The van der Waals surface area contributed by atoms with Crippen LogP contribution in [0, 0.1) is 0 Å². The van der Waals surface area contributed by atoms with Gasteiger partial charge in [0.2, 0.25) is 5.82 Å². The lowest BCUT2D eigenvalue weighted by molar-refractivity contribution is -0.146. The predicted octanol–water partition coefficient (Wildman–Crippen LogP) is 5.60. The molecular formula is C21H14ClF6N3O4. The number of hydrogen-bond acceptors (Lipinski definition) is 5. The summed E-state index contributed by atoms with van der Waals surface area (Å²) in [6, 6.07) is 6.35. The van der Waals surface area contributed by atoms with Crippen LogP contribution in [0.1, 0.15) is 47.0 Å². The molecule has 14 heteroatoms. The molecular weight excluding hydrogens is 508 g/mol. The van der Waals surface area contributed by atoms with E-state index in [1.165, 1.54) is 25.3 Å².